The topological polar surface area (TPSA) is 47.6 Å². The standard InChI is InChI=1S/C15H11F2NO3/c16-10-2-3-11(17)12(8-10)18-15(19)9-1-4-13-14(7-9)21-6-5-20-13/h1-4,7-8H,5-6H2,(H,18,19). The molecule has 1 amide bonds. The van der Waals surface area contributed by atoms with Crippen LogP contribution < -0.4 is 14.8 Å². The number of hydrogen-bond donors (Lipinski definition) is 1. The van der Waals surface area contributed by atoms with Gasteiger partial charge in [-0.25, -0.2) is 8.78 Å². The molecule has 6 heteroatoms. The average molecular weight is 291 g/mol. The zero-order valence-electron chi connectivity index (χ0n) is 10.9. The van der Waals surface area contributed by atoms with Crippen LogP contribution in [0.5, 0.6) is 11.5 Å². The van der Waals surface area contributed by atoms with Crippen molar-refractivity contribution in [2.75, 3.05) is 18.5 Å². The van der Waals surface area contributed by atoms with Crippen LogP contribution in [0.3, 0.4) is 0 Å². The van der Waals surface area contributed by atoms with Gasteiger partial charge in [-0.2, -0.15) is 0 Å². The number of anilines is 1. The number of halogens is 2. The molecule has 108 valence electrons. The van der Waals surface area contributed by atoms with Gasteiger partial charge in [0, 0.05) is 11.6 Å². The predicted molar refractivity (Wildman–Crippen MR) is 71.7 cm³/mol. The number of ether oxygens (including phenoxy) is 2. The summed E-state index contributed by atoms with van der Waals surface area (Å²) in [6.45, 7) is 0.851. The summed E-state index contributed by atoms with van der Waals surface area (Å²) >= 11 is 0. The van der Waals surface area contributed by atoms with Gasteiger partial charge in [-0.15, -0.1) is 0 Å². The molecule has 0 radical (unpaired) electrons. The summed E-state index contributed by atoms with van der Waals surface area (Å²) in [5.74, 6) is -0.893. The van der Waals surface area contributed by atoms with Crippen LogP contribution in [0.2, 0.25) is 0 Å². The van der Waals surface area contributed by atoms with Crippen LogP contribution in [0.15, 0.2) is 36.4 Å². The van der Waals surface area contributed by atoms with Gasteiger partial charge in [-0.05, 0) is 30.3 Å². The molecular formula is C15H11F2NO3. The summed E-state index contributed by atoms with van der Waals surface area (Å²) in [6, 6.07) is 7.49. The quantitative estimate of drug-likeness (QED) is 0.925. The molecule has 0 aliphatic carbocycles. The van der Waals surface area contributed by atoms with Crippen LogP contribution in [0, 0.1) is 11.6 Å². The van der Waals surface area contributed by atoms with E-state index >= 15 is 0 Å². The number of fused-ring (bicyclic) bond motifs is 1. The molecule has 0 atom stereocenters. The Morgan fingerprint density at radius 1 is 1.00 bits per heavy atom. The molecule has 3 rings (SSSR count). The van der Waals surface area contributed by atoms with Crippen LogP contribution in [0.1, 0.15) is 10.4 Å². The third-order valence-corrected chi connectivity index (χ3v) is 2.98. The number of carbonyl (C=O) groups excluding carboxylic acids is 1. The first kappa shape index (κ1) is 13.4. The molecule has 4 nitrogen and oxygen atoms in total. The summed E-state index contributed by atoms with van der Waals surface area (Å²) in [5.41, 5.74) is 0.0535. The van der Waals surface area contributed by atoms with Crippen molar-refractivity contribution in [3.8, 4) is 11.5 Å². The highest BCUT2D eigenvalue weighted by molar-refractivity contribution is 6.04. The first-order valence-electron chi connectivity index (χ1n) is 6.29. The minimum atomic E-state index is -0.706. The normalized spacial score (nSPS) is 12.9. The van der Waals surface area contributed by atoms with E-state index in [4.69, 9.17) is 9.47 Å². The molecule has 0 spiro atoms. The van der Waals surface area contributed by atoms with E-state index in [0.717, 1.165) is 18.2 Å². The summed E-state index contributed by atoms with van der Waals surface area (Å²) in [5, 5.41) is 2.32. The van der Waals surface area contributed by atoms with E-state index < -0.39 is 17.5 Å². The van der Waals surface area contributed by atoms with Gasteiger partial charge in [0.05, 0.1) is 5.69 Å². The first-order chi connectivity index (χ1) is 10.1. The fourth-order valence-electron chi connectivity index (χ4n) is 1.97. The van der Waals surface area contributed by atoms with E-state index in [1.807, 2.05) is 0 Å². The number of benzene rings is 2. The Labute approximate surface area is 119 Å². The maximum Gasteiger partial charge on any atom is 0.255 e. The van der Waals surface area contributed by atoms with Gasteiger partial charge in [0.25, 0.3) is 5.91 Å². The van der Waals surface area contributed by atoms with E-state index in [-0.39, 0.29) is 11.3 Å². The Kier molecular flexibility index (Phi) is 3.43. The molecule has 0 saturated carbocycles. The second-order valence-corrected chi connectivity index (χ2v) is 4.44. The molecule has 2 aromatic carbocycles. The van der Waals surface area contributed by atoms with Crippen molar-refractivity contribution < 1.29 is 23.0 Å². The molecule has 1 heterocycles. The molecule has 0 aromatic heterocycles. The maximum absolute atomic E-state index is 13.5. The molecule has 0 unspecified atom stereocenters. The molecule has 1 aliphatic heterocycles. The van der Waals surface area contributed by atoms with Crippen LogP contribution in [-0.4, -0.2) is 19.1 Å². The van der Waals surface area contributed by atoms with Crippen molar-refractivity contribution in [1.82, 2.24) is 0 Å². The summed E-state index contributed by atoms with van der Waals surface area (Å²) < 4.78 is 37.3. The van der Waals surface area contributed by atoms with Gasteiger partial charge in [-0.3, -0.25) is 4.79 Å². The number of amides is 1. The fourth-order valence-corrected chi connectivity index (χ4v) is 1.97. The van der Waals surface area contributed by atoms with Crippen molar-refractivity contribution in [1.29, 1.82) is 0 Å². The number of nitrogens with one attached hydrogen (secondary N) is 1. The second-order valence-electron chi connectivity index (χ2n) is 4.44. The molecule has 2 aromatic rings. The lowest BCUT2D eigenvalue weighted by molar-refractivity contribution is 0.102. The number of carbonyl (C=O) groups is 1. The highest BCUT2D eigenvalue weighted by Gasteiger charge is 2.16. The zero-order valence-corrected chi connectivity index (χ0v) is 10.9. The number of rotatable bonds is 2. The predicted octanol–water partition coefficient (Wildman–Crippen LogP) is 2.99. The average Bonchev–Trinajstić information content (AvgIpc) is 2.50. The highest BCUT2D eigenvalue weighted by Crippen LogP contribution is 2.31. The van der Waals surface area contributed by atoms with Gasteiger partial charge in [-0.1, -0.05) is 0 Å². The summed E-state index contributed by atoms with van der Waals surface area (Å²) in [7, 11) is 0. The Morgan fingerprint density at radius 2 is 1.76 bits per heavy atom. The molecule has 1 aliphatic rings. The van der Waals surface area contributed by atoms with E-state index in [9.17, 15) is 13.6 Å². The van der Waals surface area contributed by atoms with Gasteiger partial charge < -0.3 is 14.8 Å². The Bertz CT molecular complexity index is 703. The minimum absolute atomic E-state index is 0.213. The Hall–Kier alpha value is -2.63. The lowest BCUT2D eigenvalue weighted by Crippen LogP contribution is -2.17. The van der Waals surface area contributed by atoms with Gasteiger partial charge in [0.15, 0.2) is 11.5 Å². The number of hydrogen-bond acceptors (Lipinski definition) is 3. The molecule has 0 fully saturated rings. The zero-order chi connectivity index (χ0) is 14.8. The van der Waals surface area contributed by atoms with Crippen molar-refractivity contribution in [3.63, 3.8) is 0 Å². The maximum atomic E-state index is 13.5. The SMILES string of the molecule is O=C(Nc1cc(F)ccc1F)c1ccc2c(c1)OCCO2. The third kappa shape index (κ3) is 2.79. The van der Waals surface area contributed by atoms with Crippen LogP contribution in [0.4, 0.5) is 14.5 Å². The minimum Gasteiger partial charge on any atom is -0.486 e. The smallest absolute Gasteiger partial charge is 0.255 e. The molecule has 0 saturated heterocycles. The largest absolute Gasteiger partial charge is 0.486 e. The van der Waals surface area contributed by atoms with Crippen molar-refractivity contribution in [2.45, 2.75) is 0 Å². The van der Waals surface area contributed by atoms with Crippen LogP contribution in [-0.2, 0) is 0 Å². The van der Waals surface area contributed by atoms with Crippen molar-refractivity contribution in [3.05, 3.63) is 53.6 Å². The lowest BCUT2D eigenvalue weighted by Gasteiger charge is -2.18. The Balaban J connectivity index is 1.83. The van der Waals surface area contributed by atoms with Crippen molar-refractivity contribution in [2.24, 2.45) is 0 Å². The Morgan fingerprint density at radius 3 is 2.57 bits per heavy atom. The summed E-state index contributed by atoms with van der Waals surface area (Å²) in [6.07, 6.45) is 0. The second kappa shape index (κ2) is 5.40. The lowest BCUT2D eigenvalue weighted by atomic mass is 10.1. The van der Waals surface area contributed by atoms with E-state index in [2.05, 4.69) is 5.32 Å². The van der Waals surface area contributed by atoms with E-state index in [1.165, 1.54) is 12.1 Å². The molecule has 0 bridgehead atoms. The summed E-state index contributed by atoms with van der Waals surface area (Å²) in [4.78, 5) is 12.1. The van der Waals surface area contributed by atoms with Crippen molar-refractivity contribution >= 4 is 11.6 Å². The van der Waals surface area contributed by atoms with Crippen LogP contribution >= 0.6 is 0 Å². The monoisotopic (exact) mass is 291 g/mol. The van der Waals surface area contributed by atoms with Gasteiger partial charge in [0.2, 0.25) is 0 Å². The van der Waals surface area contributed by atoms with Crippen LogP contribution in [0.25, 0.3) is 0 Å². The van der Waals surface area contributed by atoms with E-state index in [0.29, 0.717) is 24.7 Å². The molecular weight excluding hydrogens is 280 g/mol. The van der Waals surface area contributed by atoms with Gasteiger partial charge >= 0.3 is 0 Å². The molecule has 21 heavy (non-hydrogen) atoms. The third-order valence-electron chi connectivity index (χ3n) is 2.98. The highest BCUT2D eigenvalue weighted by atomic mass is 19.1. The fraction of sp³-hybridized carbons (Fsp3) is 0.133. The first-order valence-corrected chi connectivity index (χ1v) is 6.29. The van der Waals surface area contributed by atoms with E-state index in [1.54, 1.807) is 6.07 Å². The molecule has 1 N–H and O–H groups in total. The van der Waals surface area contributed by atoms with Gasteiger partial charge in [0.1, 0.15) is 24.8 Å².